The number of hydrogen-bond acceptors (Lipinski definition) is 5. The van der Waals surface area contributed by atoms with Crippen molar-refractivity contribution in [3.63, 3.8) is 0 Å². The first-order valence-electron chi connectivity index (χ1n) is 20.8. The second-order valence-electron chi connectivity index (χ2n) is 17.3. The number of fused-ring (bicyclic) bond motifs is 6. The fourth-order valence-electron chi connectivity index (χ4n) is 9.80. The van der Waals surface area contributed by atoms with Crippen LogP contribution in [0.15, 0.2) is 133 Å². The molecule has 0 N–H and O–H groups in total. The van der Waals surface area contributed by atoms with Crippen molar-refractivity contribution in [3.05, 3.63) is 156 Å². The second kappa shape index (κ2) is 16.7. The van der Waals surface area contributed by atoms with Crippen LogP contribution < -0.4 is 29.6 Å². The maximum absolute atomic E-state index is 17.9. The van der Waals surface area contributed by atoms with Crippen molar-refractivity contribution in [2.24, 2.45) is 11.3 Å². The highest BCUT2D eigenvalue weighted by Crippen LogP contribution is 2.53. The van der Waals surface area contributed by atoms with Crippen LogP contribution >= 0.6 is 7.14 Å². The van der Waals surface area contributed by atoms with Gasteiger partial charge in [0.2, 0.25) is 0 Å². The molecule has 0 bridgehead atoms. The van der Waals surface area contributed by atoms with Gasteiger partial charge in [0.15, 0.2) is 0 Å². The Balaban J connectivity index is 1.54. The highest BCUT2D eigenvalue weighted by atomic mass is 31.2. The van der Waals surface area contributed by atoms with Crippen molar-refractivity contribution < 1.29 is 23.5 Å². The summed E-state index contributed by atoms with van der Waals surface area (Å²) in [5.41, 5.74) is 3.84. The molecule has 306 valence electrons. The van der Waals surface area contributed by atoms with E-state index in [9.17, 15) is 0 Å². The predicted molar refractivity (Wildman–Crippen MR) is 253 cm³/mol. The average Bonchev–Trinajstić information content (AvgIpc) is 3.25. The summed E-state index contributed by atoms with van der Waals surface area (Å²) < 4.78 is 41.9. The summed E-state index contributed by atoms with van der Waals surface area (Å²) >= 11 is 0. The van der Waals surface area contributed by atoms with Gasteiger partial charge in [-0.25, -0.2) is 0 Å². The van der Waals surface area contributed by atoms with Crippen molar-refractivity contribution in [1.29, 1.82) is 0 Å². The Kier molecular flexibility index (Phi) is 11.4. The van der Waals surface area contributed by atoms with Gasteiger partial charge in [0, 0.05) is 40.7 Å². The minimum atomic E-state index is -3.62. The quantitative estimate of drug-likeness (QED) is 0.0857. The normalized spacial score (nSPS) is 12.6. The van der Waals surface area contributed by atoms with Gasteiger partial charge in [-0.2, -0.15) is 0 Å². The Labute approximate surface area is 354 Å². The molecular formula is C54H55O5P. The van der Waals surface area contributed by atoms with Gasteiger partial charge in [0.1, 0.15) is 30.1 Å². The predicted octanol–water partition coefficient (Wildman–Crippen LogP) is 12.9. The van der Waals surface area contributed by atoms with E-state index in [1.807, 2.05) is 36.4 Å². The minimum absolute atomic E-state index is 0.0232. The lowest BCUT2D eigenvalue weighted by atomic mass is 9.86. The minimum Gasteiger partial charge on any atom is -0.496 e. The van der Waals surface area contributed by atoms with E-state index < -0.39 is 7.14 Å². The van der Waals surface area contributed by atoms with Crippen molar-refractivity contribution in [3.8, 4) is 23.0 Å². The van der Waals surface area contributed by atoms with Gasteiger partial charge in [-0.15, -0.1) is 0 Å². The van der Waals surface area contributed by atoms with E-state index in [1.54, 1.807) is 28.4 Å². The zero-order valence-corrected chi connectivity index (χ0v) is 37.0. The molecular weight excluding hydrogens is 760 g/mol. The zero-order valence-electron chi connectivity index (χ0n) is 36.1. The molecule has 60 heavy (non-hydrogen) atoms. The Morgan fingerprint density at radius 3 is 1.23 bits per heavy atom. The molecule has 8 aromatic carbocycles. The first-order valence-corrected chi connectivity index (χ1v) is 22.7. The number of methoxy groups -OCH3 is 4. The third kappa shape index (κ3) is 7.61. The fraction of sp³-hybridized carbons (Fsp3) is 0.259. The van der Waals surface area contributed by atoms with Crippen LogP contribution in [0.25, 0.3) is 43.1 Å². The average molecular weight is 815 g/mol. The smallest absolute Gasteiger partial charge is 0.145 e. The summed E-state index contributed by atoms with van der Waals surface area (Å²) in [5, 5.41) is 10.5. The fourth-order valence-corrected chi connectivity index (χ4v) is 13.8. The SMILES string of the molecule is COc1cccc(OC)c1Cc1ccc2c(ccc3ccccc32)c1P(=O)(CC(C)CC(C)(C)C)c1c(Cc2c(OC)cccc2OC)ccc2c1ccc1ccccc12. The standard InChI is InChI=1S/C54H55O5P/c1-35(33-54(2,3)4)34-60(55,52-38(31-46-48(56-5)19-13-20-49(46)57-6)25-27-42-40-17-11-9-15-36(40)23-29-44(42)52)53-39(32-47-50(58-7)21-14-22-51(47)59-8)26-28-43-41-18-12-10-16-37(41)24-30-45(43)53/h9-30,35H,31-34H2,1-8H3. The molecule has 8 rings (SSSR count). The van der Waals surface area contributed by atoms with Crippen molar-refractivity contribution in [2.45, 2.75) is 47.0 Å². The number of hydrogen-bond donors (Lipinski definition) is 0. The molecule has 0 aliphatic carbocycles. The van der Waals surface area contributed by atoms with E-state index >= 15 is 4.57 Å². The molecule has 0 aromatic heterocycles. The van der Waals surface area contributed by atoms with E-state index in [-0.39, 0.29) is 11.3 Å². The molecule has 0 saturated carbocycles. The number of benzene rings is 8. The molecule has 8 aromatic rings. The molecule has 0 radical (unpaired) electrons. The summed E-state index contributed by atoms with van der Waals surface area (Å²) in [5.74, 6) is 3.04. The first kappa shape index (κ1) is 41.0. The Morgan fingerprint density at radius 2 is 0.850 bits per heavy atom. The molecule has 0 aliphatic heterocycles. The molecule has 0 amide bonds. The van der Waals surface area contributed by atoms with Gasteiger partial charge >= 0.3 is 0 Å². The lowest BCUT2D eigenvalue weighted by Gasteiger charge is -2.32. The summed E-state index contributed by atoms with van der Waals surface area (Å²) in [6.07, 6.45) is 2.32. The third-order valence-corrected chi connectivity index (χ3v) is 15.6. The molecule has 0 aliphatic rings. The highest BCUT2D eigenvalue weighted by Gasteiger charge is 2.38. The molecule has 0 spiro atoms. The van der Waals surface area contributed by atoms with Crippen molar-refractivity contribution in [1.82, 2.24) is 0 Å². The summed E-state index contributed by atoms with van der Waals surface area (Å²) in [6, 6.07) is 46.5. The van der Waals surface area contributed by atoms with Gasteiger partial charge in [-0.1, -0.05) is 137 Å². The van der Waals surface area contributed by atoms with E-state index in [2.05, 4.69) is 125 Å². The van der Waals surface area contributed by atoms with Crippen LogP contribution in [-0.4, -0.2) is 34.6 Å². The lowest BCUT2D eigenvalue weighted by molar-refractivity contribution is 0.321. The second-order valence-corrected chi connectivity index (χ2v) is 20.1. The molecule has 1 unspecified atom stereocenters. The Bertz CT molecular complexity index is 2690. The monoisotopic (exact) mass is 814 g/mol. The maximum atomic E-state index is 17.9. The summed E-state index contributed by atoms with van der Waals surface area (Å²) in [4.78, 5) is 0. The summed E-state index contributed by atoms with van der Waals surface area (Å²) in [7, 11) is 3.17. The van der Waals surface area contributed by atoms with Crippen LogP contribution in [0.4, 0.5) is 0 Å². The molecule has 0 fully saturated rings. The van der Waals surface area contributed by atoms with Gasteiger partial charge in [-0.3, -0.25) is 0 Å². The van der Waals surface area contributed by atoms with Crippen molar-refractivity contribution in [2.75, 3.05) is 34.6 Å². The Hall–Kier alpha value is -5.77. The molecule has 5 nitrogen and oxygen atoms in total. The number of ether oxygens (including phenoxy) is 4. The van der Waals surface area contributed by atoms with E-state index in [0.717, 1.165) is 105 Å². The van der Waals surface area contributed by atoms with Crippen LogP contribution in [0.2, 0.25) is 0 Å². The zero-order chi connectivity index (χ0) is 42.2. The maximum Gasteiger partial charge on any atom is 0.145 e. The van der Waals surface area contributed by atoms with Crippen molar-refractivity contribution >= 4 is 60.8 Å². The molecule has 0 heterocycles. The Morgan fingerprint density at radius 1 is 0.467 bits per heavy atom. The van der Waals surface area contributed by atoms with Gasteiger partial charge in [-0.05, 0) is 96.2 Å². The van der Waals surface area contributed by atoms with Gasteiger partial charge in [0.25, 0.3) is 0 Å². The topological polar surface area (TPSA) is 54.0 Å². The van der Waals surface area contributed by atoms with Crippen LogP contribution in [0.5, 0.6) is 23.0 Å². The van der Waals surface area contributed by atoms with Crippen LogP contribution in [0.1, 0.15) is 56.4 Å². The lowest BCUT2D eigenvalue weighted by Crippen LogP contribution is -2.29. The van der Waals surface area contributed by atoms with Gasteiger partial charge < -0.3 is 23.5 Å². The summed E-state index contributed by atoms with van der Waals surface area (Å²) in [6.45, 7) is 9.12. The van der Waals surface area contributed by atoms with Crippen LogP contribution in [0, 0.1) is 11.3 Å². The van der Waals surface area contributed by atoms with E-state index in [0.29, 0.717) is 19.0 Å². The molecule has 6 heteroatoms. The van der Waals surface area contributed by atoms with E-state index in [1.165, 1.54) is 0 Å². The first-order chi connectivity index (χ1) is 29.0. The molecule has 1 atom stereocenters. The number of rotatable bonds is 13. The third-order valence-electron chi connectivity index (χ3n) is 12.0. The highest BCUT2D eigenvalue weighted by molar-refractivity contribution is 7.79. The van der Waals surface area contributed by atoms with Crippen LogP contribution in [-0.2, 0) is 17.4 Å². The van der Waals surface area contributed by atoms with Crippen LogP contribution in [0.3, 0.4) is 0 Å². The molecule has 0 saturated heterocycles. The largest absolute Gasteiger partial charge is 0.496 e. The van der Waals surface area contributed by atoms with Gasteiger partial charge in [0.05, 0.1) is 28.4 Å². The van der Waals surface area contributed by atoms with E-state index in [4.69, 9.17) is 18.9 Å².